The molecule has 3 rings (SSSR count). The molecule has 1 unspecified atom stereocenters. The van der Waals surface area contributed by atoms with Gasteiger partial charge in [0.1, 0.15) is 11.6 Å². The number of benzene rings is 1. The van der Waals surface area contributed by atoms with Crippen molar-refractivity contribution in [3.05, 3.63) is 54.0 Å². The second kappa shape index (κ2) is 13.0. The van der Waals surface area contributed by atoms with Crippen molar-refractivity contribution in [2.24, 2.45) is 4.99 Å². The number of hydrogen-bond donors (Lipinski definition) is 3. The van der Waals surface area contributed by atoms with E-state index in [4.69, 9.17) is 14.1 Å². The van der Waals surface area contributed by atoms with Crippen molar-refractivity contribution in [2.75, 3.05) is 26.7 Å². The Balaban J connectivity index is 0.00000341. The molecule has 31 heavy (non-hydrogen) atoms. The van der Waals surface area contributed by atoms with E-state index in [9.17, 15) is 0 Å². The quantitative estimate of drug-likeness (QED) is 0.205. The van der Waals surface area contributed by atoms with Gasteiger partial charge in [-0.1, -0.05) is 19.1 Å². The molecule has 0 fully saturated rings. The number of rotatable bonds is 10. The van der Waals surface area contributed by atoms with Crippen LogP contribution < -0.4 is 15.4 Å². The summed E-state index contributed by atoms with van der Waals surface area (Å²) in [5.74, 6) is 4.15. The van der Waals surface area contributed by atoms with Crippen LogP contribution in [0.2, 0.25) is 0 Å². The fourth-order valence-electron chi connectivity index (χ4n) is 3.03. The van der Waals surface area contributed by atoms with Gasteiger partial charge >= 0.3 is 0 Å². The molecule has 3 N–H and O–H groups in total. The topological polar surface area (TPSA) is 100 Å². The van der Waals surface area contributed by atoms with Crippen LogP contribution in [0.4, 0.5) is 0 Å². The van der Waals surface area contributed by atoms with Crippen LogP contribution in [0.25, 0.3) is 11.6 Å². The molecule has 2 aromatic heterocycles. The van der Waals surface area contributed by atoms with Crippen molar-refractivity contribution in [3.63, 3.8) is 0 Å². The molecule has 9 heteroatoms. The molecule has 0 bridgehead atoms. The van der Waals surface area contributed by atoms with Gasteiger partial charge in [0, 0.05) is 26.1 Å². The number of hydrogen-bond acceptors (Lipinski definition) is 5. The molecule has 168 valence electrons. The molecule has 0 amide bonds. The molecular weight excluding hydrogens is 507 g/mol. The van der Waals surface area contributed by atoms with E-state index in [1.54, 1.807) is 13.4 Å². The lowest BCUT2D eigenvalue weighted by atomic mass is 9.98. The van der Waals surface area contributed by atoms with Crippen LogP contribution in [0.3, 0.4) is 0 Å². The number of furan rings is 1. The Morgan fingerprint density at radius 2 is 2.03 bits per heavy atom. The predicted octanol–water partition coefficient (Wildman–Crippen LogP) is 3.98. The Kier molecular flexibility index (Phi) is 10.3. The number of ether oxygens (including phenoxy) is 1. The van der Waals surface area contributed by atoms with Gasteiger partial charge in [-0.05, 0) is 49.1 Å². The number of nitrogens with zero attached hydrogens (tertiary/aromatic N) is 3. The van der Waals surface area contributed by atoms with E-state index < -0.39 is 0 Å². The monoisotopic (exact) mass is 538 g/mol. The first-order valence-corrected chi connectivity index (χ1v) is 10.3. The minimum absolute atomic E-state index is 0. The second-order valence-corrected chi connectivity index (χ2v) is 6.98. The first-order chi connectivity index (χ1) is 14.7. The van der Waals surface area contributed by atoms with Gasteiger partial charge in [0.25, 0.3) is 0 Å². The lowest BCUT2D eigenvalue weighted by Gasteiger charge is -2.13. The molecule has 8 nitrogen and oxygen atoms in total. The Morgan fingerprint density at radius 1 is 1.23 bits per heavy atom. The zero-order chi connectivity index (χ0) is 21.2. The zero-order valence-electron chi connectivity index (χ0n) is 18.2. The fraction of sp³-hybridized carbons (Fsp3) is 0.409. The summed E-state index contributed by atoms with van der Waals surface area (Å²) in [5.41, 5.74) is 1.29. The van der Waals surface area contributed by atoms with Crippen LogP contribution in [0.5, 0.6) is 5.75 Å². The summed E-state index contributed by atoms with van der Waals surface area (Å²) in [6.07, 6.45) is 3.29. The SMILES string of the molecule is CCNC(=NCCC(C)c1ccc(OC)cc1)NCCc1nc(-c2ccco2)n[nH]1.I. The molecule has 1 aromatic carbocycles. The number of aromatic nitrogens is 3. The lowest BCUT2D eigenvalue weighted by Crippen LogP contribution is -2.38. The fourth-order valence-corrected chi connectivity index (χ4v) is 3.03. The van der Waals surface area contributed by atoms with Gasteiger partial charge in [0.2, 0.25) is 5.82 Å². The largest absolute Gasteiger partial charge is 0.497 e. The Morgan fingerprint density at radius 3 is 2.71 bits per heavy atom. The molecule has 2 heterocycles. The van der Waals surface area contributed by atoms with E-state index in [1.807, 2.05) is 24.3 Å². The van der Waals surface area contributed by atoms with E-state index in [-0.39, 0.29) is 24.0 Å². The highest BCUT2D eigenvalue weighted by molar-refractivity contribution is 14.0. The predicted molar refractivity (Wildman–Crippen MR) is 133 cm³/mol. The van der Waals surface area contributed by atoms with E-state index in [0.29, 0.717) is 30.5 Å². The van der Waals surface area contributed by atoms with Gasteiger partial charge in [-0.15, -0.1) is 24.0 Å². The van der Waals surface area contributed by atoms with Gasteiger partial charge < -0.3 is 19.8 Å². The van der Waals surface area contributed by atoms with E-state index in [1.165, 1.54) is 5.56 Å². The van der Waals surface area contributed by atoms with Crippen molar-refractivity contribution in [1.29, 1.82) is 0 Å². The van der Waals surface area contributed by atoms with Gasteiger partial charge in [-0.3, -0.25) is 10.1 Å². The maximum atomic E-state index is 5.32. The summed E-state index contributed by atoms with van der Waals surface area (Å²) >= 11 is 0. The molecule has 3 aromatic rings. The van der Waals surface area contributed by atoms with E-state index in [2.05, 4.69) is 51.8 Å². The van der Waals surface area contributed by atoms with Crippen LogP contribution >= 0.6 is 24.0 Å². The smallest absolute Gasteiger partial charge is 0.216 e. The molecule has 0 radical (unpaired) electrons. The average molecular weight is 538 g/mol. The average Bonchev–Trinajstić information content (AvgIpc) is 3.46. The highest BCUT2D eigenvalue weighted by Crippen LogP contribution is 2.21. The Labute approximate surface area is 200 Å². The summed E-state index contributed by atoms with van der Waals surface area (Å²) in [6, 6.07) is 11.9. The summed E-state index contributed by atoms with van der Waals surface area (Å²) < 4.78 is 10.5. The van der Waals surface area contributed by atoms with Crippen LogP contribution in [-0.4, -0.2) is 47.9 Å². The third kappa shape index (κ3) is 7.57. The summed E-state index contributed by atoms with van der Waals surface area (Å²) in [5, 5.41) is 13.8. The van der Waals surface area contributed by atoms with Crippen molar-refractivity contribution in [2.45, 2.75) is 32.6 Å². The molecule has 0 saturated carbocycles. The van der Waals surface area contributed by atoms with Crippen LogP contribution in [-0.2, 0) is 6.42 Å². The molecule has 0 aliphatic carbocycles. The molecule has 1 atom stereocenters. The van der Waals surface area contributed by atoms with Crippen molar-refractivity contribution >= 4 is 29.9 Å². The summed E-state index contributed by atoms with van der Waals surface area (Å²) in [6.45, 7) is 6.53. The van der Waals surface area contributed by atoms with Crippen molar-refractivity contribution < 1.29 is 9.15 Å². The van der Waals surface area contributed by atoms with Crippen LogP contribution in [0.1, 0.15) is 37.6 Å². The number of methoxy groups -OCH3 is 1. The number of guanidine groups is 1. The highest BCUT2D eigenvalue weighted by Gasteiger charge is 2.09. The first-order valence-electron chi connectivity index (χ1n) is 10.3. The van der Waals surface area contributed by atoms with Gasteiger partial charge in [-0.2, -0.15) is 5.10 Å². The zero-order valence-corrected chi connectivity index (χ0v) is 20.6. The number of aliphatic imine (C=N–C) groups is 1. The standard InChI is InChI=1S/C22H30N6O2.HI/c1-4-23-22(24-13-11-16(2)17-7-9-18(29-3)10-8-17)25-14-12-20-26-21(28-27-20)19-6-5-15-30-19;/h5-10,15-16H,4,11-14H2,1-3H3,(H2,23,24,25)(H,26,27,28);1H. The minimum Gasteiger partial charge on any atom is -0.497 e. The van der Waals surface area contributed by atoms with Crippen LogP contribution in [0, 0.1) is 0 Å². The Bertz CT molecular complexity index is 908. The molecule has 0 spiro atoms. The van der Waals surface area contributed by atoms with Crippen molar-refractivity contribution in [3.8, 4) is 17.3 Å². The second-order valence-electron chi connectivity index (χ2n) is 6.98. The number of aromatic amines is 1. The van der Waals surface area contributed by atoms with E-state index >= 15 is 0 Å². The molecular formula is C22H31IN6O2. The van der Waals surface area contributed by atoms with Crippen LogP contribution in [0.15, 0.2) is 52.1 Å². The number of nitrogens with one attached hydrogen (secondary N) is 3. The third-order valence-electron chi connectivity index (χ3n) is 4.79. The summed E-state index contributed by atoms with van der Waals surface area (Å²) in [4.78, 5) is 9.16. The minimum atomic E-state index is 0. The normalized spacial score (nSPS) is 12.2. The molecule has 0 aliphatic heterocycles. The van der Waals surface area contributed by atoms with Gasteiger partial charge in [0.15, 0.2) is 11.7 Å². The van der Waals surface area contributed by atoms with Crippen molar-refractivity contribution in [1.82, 2.24) is 25.8 Å². The lowest BCUT2D eigenvalue weighted by molar-refractivity contribution is 0.414. The first kappa shape index (κ1) is 24.7. The third-order valence-corrected chi connectivity index (χ3v) is 4.79. The van der Waals surface area contributed by atoms with Gasteiger partial charge in [0.05, 0.1) is 13.4 Å². The molecule has 0 aliphatic rings. The number of halogens is 1. The maximum Gasteiger partial charge on any atom is 0.216 e. The number of H-pyrrole nitrogens is 1. The Hall–Kier alpha value is -2.56. The molecule has 0 saturated heterocycles. The maximum absolute atomic E-state index is 5.32. The highest BCUT2D eigenvalue weighted by atomic mass is 127. The summed E-state index contributed by atoms with van der Waals surface area (Å²) in [7, 11) is 1.68. The van der Waals surface area contributed by atoms with Gasteiger partial charge in [-0.25, -0.2) is 4.98 Å². The van der Waals surface area contributed by atoms with E-state index in [0.717, 1.165) is 37.0 Å².